The van der Waals surface area contributed by atoms with E-state index in [1.807, 2.05) is 55.5 Å². The second-order valence-electron chi connectivity index (χ2n) is 6.60. The molecule has 0 radical (unpaired) electrons. The predicted octanol–water partition coefficient (Wildman–Crippen LogP) is 4.20. The summed E-state index contributed by atoms with van der Waals surface area (Å²) < 4.78 is 5.70. The molecule has 0 saturated heterocycles. The Morgan fingerprint density at radius 2 is 1.80 bits per heavy atom. The highest BCUT2D eigenvalue weighted by molar-refractivity contribution is 7.98. The van der Waals surface area contributed by atoms with E-state index in [1.54, 1.807) is 0 Å². The maximum absolute atomic E-state index is 12.1. The van der Waals surface area contributed by atoms with Gasteiger partial charge in [-0.15, -0.1) is 0 Å². The number of hydrogen-bond acceptors (Lipinski definition) is 8. The van der Waals surface area contributed by atoms with Gasteiger partial charge < -0.3 is 4.42 Å². The van der Waals surface area contributed by atoms with Crippen molar-refractivity contribution in [2.75, 3.05) is 5.32 Å². The molecule has 30 heavy (non-hydrogen) atoms. The Kier molecular flexibility index (Phi) is 4.64. The number of nitrogens with zero attached hydrogens (tertiary/aromatic N) is 4. The first kappa shape index (κ1) is 18.3. The van der Waals surface area contributed by atoms with E-state index in [1.165, 1.54) is 17.8 Å². The maximum Gasteiger partial charge on any atom is 0.257 e. The first-order valence-corrected chi connectivity index (χ1v) is 10.2. The Bertz CT molecular complexity index is 1400. The van der Waals surface area contributed by atoms with E-state index in [-0.39, 0.29) is 11.5 Å². The number of oxazole rings is 1. The van der Waals surface area contributed by atoms with Gasteiger partial charge in [0.2, 0.25) is 11.9 Å². The molecule has 5 rings (SSSR count). The van der Waals surface area contributed by atoms with E-state index in [4.69, 9.17) is 4.42 Å². The van der Waals surface area contributed by atoms with Crippen LogP contribution in [0.5, 0.6) is 0 Å². The molecule has 0 fully saturated rings. The number of anilines is 2. The van der Waals surface area contributed by atoms with Gasteiger partial charge in [-0.25, -0.2) is 19.9 Å². The average molecular weight is 416 g/mol. The number of benzene rings is 2. The molecule has 8 nitrogen and oxygen atoms in total. The number of thioether (sulfide) groups is 1. The number of H-pyrrole nitrogens is 1. The Balaban J connectivity index is 1.37. The van der Waals surface area contributed by atoms with Gasteiger partial charge in [-0.3, -0.25) is 15.1 Å². The van der Waals surface area contributed by atoms with Gasteiger partial charge in [0.15, 0.2) is 5.58 Å². The van der Waals surface area contributed by atoms with Gasteiger partial charge in [0, 0.05) is 17.2 Å². The standard InChI is InChI=1S/C21H16N6O2S/c1-12-14-6-2-3-7-15(14)24-19(22-12)27-20-23-13(10-18(28)26-20)11-30-21-25-16-8-4-5-9-17(16)29-21/h2-10H,11H2,1H3,(H2,22,23,24,26,27,28). The fourth-order valence-electron chi connectivity index (χ4n) is 3.09. The first-order chi connectivity index (χ1) is 14.6. The molecule has 0 amide bonds. The topological polar surface area (TPSA) is 110 Å². The number of nitrogens with one attached hydrogen (secondary N) is 2. The van der Waals surface area contributed by atoms with Gasteiger partial charge in [-0.05, 0) is 25.1 Å². The van der Waals surface area contributed by atoms with Crippen molar-refractivity contribution < 1.29 is 4.42 Å². The van der Waals surface area contributed by atoms with Crippen LogP contribution < -0.4 is 10.9 Å². The number of para-hydroxylation sites is 3. The number of aryl methyl sites for hydroxylation is 1. The molecule has 0 saturated carbocycles. The van der Waals surface area contributed by atoms with E-state index in [9.17, 15) is 4.79 Å². The van der Waals surface area contributed by atoms with Crippen molar-refractivity contribution in [1.82, 2.24) is 24.9 Å². The average Bonchev–Trinajstić information content (AvgIpc) is 3.15. The number of aromatic nitrogens is 5. The third-order valence-corrected chi connectivity index (χ3v) is 5.30. The molecule has 3 aromatic heterocycles. The van der Waals surface area contributed by atoms with Crippen LogP contribution in [0.4, 0.5) is 11.9 Å². The van der Waals surface area contributed by atoms with Gasteiger partial charge >= 0.3 is 0 Å². The number of aromatic amines is 1. The summed E-state index contributed by atoms with van der Waals surface area (Å²) in [6.45, 7) is 1.92. The molecule has 0 bridgehead atoms. The van der Waals surface area contributed by atoms with Crippen LogP contribution in [0.15, 0.2) is 69.0 Å². The molecular formula is C21H16N6O2S. The van der Waals surface area contributed by atoms with Crippen molar-refractivity contribution in [2.45, 2.75) is 17.9 Å². The van der Waals surface area contributed by atoms with Crippen LogP contribution in [0.2, 0.25) is 0 Å². The second kappa shape index (κ2) is 7.60. The molecule has 0 spiro atoms. The molecule has 5 aromatic rings. The summed E-state index contributed by atoms with van der Waals surface area (Å²) in [7, 11) is 0. The highest BCUT2D eigenvalue weighted by Gasteiger charge is 2.10. The minimum atomic E-state index is -0.266. The van der Waals surface area contributed by atoms with E-state index in [0.29, 0.717) is 22.6 Å². The molecule has 0 aliphatic rings. The van der Waals surface area contributed by atoms with Crippen molar-refractivity contribution >= 4 is 45.7 Å². The van der Waals surface area contributed by atoms with Gasteiger partial charge in [-0.1, -0.05) is 42.1 Å². The van der Waals surface area contributed by atoms with Gasteiger partial charge in [-0.2, -0.15) is 0 Å². The fraction of sp³-hybridized carbons (Fsp3) is 0.0952. The quantitative estimate of drug-likeness (QED) is 0.410. The van der Waals surface area contributed by atoms with E-state index in [0.717, 1.165) is 27.7 Å². The maximum atomic E-state index is 12.1. The lowest BCUT2D eigenvalue weighted by atomic mass is 10.2. The molecule has 2 N–H and O–H groups in total. The molecular weight excluding hydrogens is 400 g/mol. The van der Waals surface area contributed by atoms with Crippen LogP contribution in [0.25, 0.3) is 22.0 Å². The molecule has 0 aliphatic carbocycles. The summed E-state index contributed by atoms with van der Waals surface area (Å²) >= 11 is 1.38. The Labute approximate surface area is 174 Å². The van der Waals surface area contributed by atoms with Crippen LogP contribution in [-0.2, 0) is 5.75 Å². The number of hydrogen-bond donors (Lipinski definition) is 2. The van der Waals surface area contributed by atoms with Crippen molar-refractivity contribution in [3.8, 4) is 0 Å². The molecule has 9 heteroatoms. The highest BCUT2D eigenvalue weighted by Crippen LogP contribution is 2.25. The smallest absolute Gasteiger partial charge is 0.257 e. The molecule has 3 heterocycles. The zero-order chi connectivity index (χ0) is 20.5. The zero-order valence-corrected chi connectivity index (χ0v) is 16.7. The van der Waals surface area contributed by atoms with Crippen LogP contribution in [0.1, 0.15) is 11.4 Å². The summed E-state index contributed by atoms with van der Waals surface area (Å²) in [5, 5.41) is 4.51. The highest BCUT2D eigenvalue weighted by atomic mass is 32.2. The minimum absolute atomic E-state index is 0.266. The number of rotatable bonds is 5. The van der Waals surface area contributed by atoms with Crippen molar-refractivity contribution in [3.63, 3.8) is 0 Å². The summed E-state index contributed by atoms with van der Waals surface area (Å²) in [6.07, 6.45) is 0. The third-order valence-electron chi connectivity index (χ3n) is 4.44. The molecule has 2 aromatic carbocycles. The number of fused-ring (bicyclic) bond motifs is 2. The second-order valence-corrected chi connectivity index (χ2v) is 7.52. The predicted molar refractivity (Wildman–Crippen MR) is 116 cm³/mol. The van der Waals surface area contributed by atoms with Crippen LogP contribution in [-0.4, -0.2) is 24.9 Å². The SMILES string of the molecule is Cc1nc(Nc2nc(CSc3nc4ccccc4o3)cc(=O)[nH]2)nc2ccccc12. The monoisotopic (exact) mass is 416 g/mol. The van der Waals surface area contributed by atoms with Crippen molar-refractivity contribution in [3.05, 3.63) is 76.3 Å². The molecule has 0 unspecified atom stereocenters. The minimum Gasteiger partial charge on any atom is -0.431 e. The fourth-order valence-corrected chi connectivity index (χ4v) is 3.82. The molecule has 0 aliphatic heterocycles. The van der Waals surface area contributed by atoms with Gasteiger partial charge in [0.25, 0.3) is 10.8 Å². The lowest BCUT2D eigenvalue weighted by molar-refractivity contribution is 0.489. The summed E-state index contributed by atoms with van der Waals surface area (Å²) in [4.78, 5) is 32.6. The Hall–Kier alpha value is -3.72. The van der Waals surface area contributed by atoms with Crippen LogP contribution in [0.3, 0.4) is 0 Å². The van der Waals surface area contributed by atoms with Crippen LogP contribution >= 0.6 is 11.8 Å². The Morgan fingerprint density at radius 1 is 1.00 bits per heavy atom. The van der Waals surface area contributed by atoms with E-state index < -0.39 is 0 Å². The van der Waals surface area contributed by atoms with E-state index >= 15 is 0 Å². The summed E-state index contributed by atoms with van der Waals surface area (Å²) in [5.74, 6) is 1.09. The molecule has 0 atom stereocenters. The summed E-state index contributed by atoms with van der Waals surface area (Å²) in [6, 6.07) is 16.8. The first-order valence-electron chi connectivity index (χ1n) is 9.23. The van der Waals surface area contributed by atoms with Crippen molar-refractivity contribution in [1.29, 1.82) is 0 Å². The van der Waals surface area contributed by atoms with Crippen LogP contribution in [0, 0.1) is 6.92 Å². The largest absolute Gasteiger partial charge is 0.431 e. The lowest BCUT2D eigenvalue weighted by Gasteiger charge is -2.08. The van der Waals surface area contributed by atoms with E-state index in [2.05, 4.69) is 30.2 Å². The zero-order valence-electron chi connectivity index (χ0n) is 15.9. The third kappa shape index (κ3) is 3.74. The Morgan fingerprint density at radius 3 is 2.67 bits per heavy atom. The summed E-state index contributed by atoms with van der Waals surface area (Å²) in [5.41, 5.74) is 3.50. The van der Waals surface area contributed by atoms with Crippen molar-refractivity contribution in [2.24, 2.45) is 0 Å². The normalized spacial score (nSPS) is 11.2. The lowest BCUT2D eigenvalue weighted by Crippen LogP contribution is -2.13. The van der Waals surface area contributed by atoms with Gasteiger partial charge in [0.1, 0.15) is 5.52 Å². The van der Waals surface area contributed by atoms with Gasteiger partial charge in [0.05, 0.1) is 16.9 Å². The molecule has 148 valence electrons.